The molecule has 2 rings (SSSR count). The number of aliphatic hydroxyl groups is 1. The Balaban J connectivity index is 2.21. The number of hydrogen-bond donors (Lipinski definition) is 1. The highest BCUT2D eigenvalue weighted by atomic mass is 35.5. The zero-order valence-corrected chi connectivity index (χ0v) is 9.13. The van der Waals surface area contributed by atoms with Crippen LogP contribution in [0.5, 0.6) is 11.6 Å². The topological polar surface area (TPSA) is 55.2 Å². The Kier molecular flexibility index (Phi) is 3.15. The van der Waals surface area contributed by atoms with Crippen molar-refractivity contribution >= 4 is 23.3 Å². The van der Waals surface area contributed by atoms with Crippen LogP contribution in [0.25, 0.3) is 0 Å². The van der Waals surface area contributed by atoms with Gasteiger partial charge in [0.1, 0.15) is 5.75 Å². The van der Waals surface area contributed by atoms with Crippen LogP contribution >= 0.6 is 23.3 Å². The van der Waals surface area contributed by atoms with Crippen LogP contribution < -0.4 is 4.74 Å². The summed E-state index contributed by atoms with van der Waals surface area (Å²) in [4.78, 5) is 0. The highest BCUT2D eigenvalue weighted by Crippen LogP contribution is 2.27. The molecule has 1 aromatic carbocycles. The molecule has 4 nitrogen and oxygen atoms in total. The highest BCUT2D eigenvalue weighted by molar-refractivity contribution is 6.99. The van der Waals surface area contributed by atoms with Crippen molar-refractivity contribution in [2.45, 2.75) is 6.61 Å². The fraction of sp³-hybridized carbons (Fsp3) is 0.111. The molecule has 0 aliphatic heterocycles. The SMILES string of the molecule is OCc1cccc(Oc2nsnc2Cl)c1. The zero-order valence-electron chi connectivity index (χ0n) is 7.55. The Bertz CT molecular complexity index is 461. The largest absolute Gasteiger partial charge is 0.436 e. The Hall–Kier alpha value is -1.17. The van der Waals surface area contributed by atoms with Crippen molar-refractivity contribution in [1.29, 1.82) is 0 Å². The van der Waals surface area contributed by atoms with Crippen LogP contribution in [0.2, 0.25) is 5.15 Å². The molecule has 0 bridgehead atoms. The van der Waals surface area contributed by atoms with Crippen LogP contribution in [0.1, 0.15) is 5.56 Å². The summed E-state index contributed by atoms with van der Waals surface area (Å²) in [5.41, 5.74) is 0.770. The first-order valence-corrected chi connectivity index (χ1v) is 5.26. The number of nitrogens with zero attached hydrogens (tertiary/aromatic N) is 2. The Morgan fingerprint density at radius 2 is 2.27 bits per heavy atom. The van der Waals surface area contributed by atoms with Crippen molar-refractivity contribution in [2.75, 3.05) is 0 Å². The summed E-state index contributed by atoms with van der Waals surface area (Å²) in [5, 5.41) is 9.18. The maximum absolute atomic E-state index is 8.94. The monoisotopic (exact) mass is 242 g/mol. The summed E-state index contributed by atoms with van der Waals surface area (Å²) >= 11 is 6.71. The molecule has 0 spiro atoms. The van der Waals surface area contributed by atoms with E-state index in [9.17, 15) is 0 Å². The number of benzene rings is 1. The molecule has 0 saturated heterocycles. The summed E-state index contributed by atoms with van der Waals surface area (Å²) in [6.07, 6.45) is 0. The Morgan fingerprint density at radius 1 is 1.40 bits per heavy atom. The van der Waals surface area contributed by atoms with E-state index in [1.807, 2.05) is 0 Å². The molecule has 0 aliphatic carbocycles. The van der Waals surface area contributed by atoms with E-state index in [0.717, 1.165) is 17.3 Å². The molecule has 2 aromatic rings. The molecule has 0 atom stereocenters. The Labute approximate surface area is 95.4 Å². The average molecular weight is 243 g/mol. The molecule has 78 valence electrons. The second-order valence-electron chi connectivity index (χ2n) is 2.77. The van der Waals surface area contributed by atoms with Crippen molar-refractivity contribution in [3.05, 3.63) is 35.0 Å². The van der Waals surface area contributed by atoms with E-state index in [-0.39, 0.29) is 17.6 Å². The van der Waals surface area contributed by atoms with Gasteiger partial charge in [0.05, 0.1) is 18.3 Å². The molecule has 0 unspecified atom stereocenters. The zero-order chi connectivity index (χ0) is 10.7. The second kappa shape index (κ2) is 4.57. The van der Waals surface area contributed by atoms with Crippen molar-refractivity contribution in [3.63, 3.8) is 0 Å². The first kappa shape index (κ1) is 10.4. The summed E-state index contributed by atoms with van der Waals surface area (Å²) in [7, 11) is 0. The summed E-state index contributed by atoms with van der Waals surface area (Å²) in [6, 6.07) is 7.06. The predicted molar refractivity (Wildman–Crippen MR) is 57.4 cm³/mol. The van der Waals surface area contributed by atoms with Gasteiger partial charge in [-0.1, -0.05) is 23.7 Å². The van der Waals surface area contributed by atoms with E-state index in [4.69, 9.17) is 21.4 Å². The third-order valence-corrected chi connectivity index (χ3v) is 2.57. The standard InChI is InChI=1S/C9H7ClN2O2S/c10-8-9(12-15-11-8)14-7-3-1-2-6(4-7)5-13/h1-4,13H,5H2. The minimum absolute atomic E-state index is 0.0275. The maximum Gasteiger partial charge on any atom is 0.270 e. The molecule has 0 saturated carbocycles. The summed E-state index contributed by atoms with van der Waals surface area (Å²) in [5.74, 6) is 0.868. The number of hydrogen-bond acceptors (Lipinski definition) is 5. The van der Waals surface area contributed by atoms with Crippen LogP contribution in [0, 0.1) is 0 Å². The lowest BCUT2D eigenvalue weighted by molar-refractivity contribution is 0.281. The fourth-order valence-electron chi connectivity index (χ4n) is 1.05. The van der Waals surface area contributed by atoms with E-state index >= 15 is 0 Å². The van der Waals surface area contributed by atoms with Gasteiger partial charge in [0.2, 0.25) is 5.15 Å². The third kappa shape index (κ3) is 2.44. The van der Waals surface area contributed by atoms with Gasteiger partial charge in [0.15, 0.2) is 0 Å². The molecular formula is C9H7ClN2O2S. The minimum atomic E-state index is -0.0275. The van der Waals surface area contributed by atoms with E-state index in [1.54, 1.807) is 24.3 Å². The Morgan fingerprint density at radius 3 is 2.93 bits per heavy atom. The van der Waals surface area contributed by atoms with E-state index in [0.29, 0.717) is 5.75 Å². The number of aromatic nitrogens is 2. The van der Waals surface area contributed by atoms with Gasteiger partial charge in [-0.15, -0.1) is 4.37 Å². The van der Waals surface area contributed by atoms with Gasteiger partial charge >= 0.3 is 0 Å². The number of ether oxygens (including phenoxy) is 1. The van der Waals surface area contributed by atoms with Gasteiger partial charge in [0, 0.05) is 0 Å². The molecule has 15 heavy (non-hydrogen) atoms. The van der Waals surface area contributed by atoms with Crippen molar-refractivity contribution < 1.29 is 9.84 Å². The molecule has 1 heterocycles. The molecule has 0 aliphatic rings. The number of halogens is 1. The lowest BCUT2D eigenvalue weighted by atomic mass is 10.2. The van der Waals surface area contributed by atoms with Gasteiger partial charge in [-0.2, -0.15) is 4.37 Å². The van der Waals surface area contributed by atoms with Crippen molar-refractivity contribution in [3.8, 4) is 11.6 Å². The first-order valence-electron chi connectivity index (χ1n) is 4.15. The van der Waals surface area contributed by atoms with Crippen LogP contribution in [0.4, 0.5) is 0 Å². The second-order valence-corrected chi connectivity index (χ2v) is 3.65. The molecule has 0 radical (unpaired) electrons. The molecular weight excluding hydrogens is 236 g/mol. The normalized spacial score (nSPS) is 10.3. The van der Waals surface area contributed by atoms with Crippen LogP contribution in [-0.4, -0.2) is 13.9 Å². The average Bonchev–Trinajstić information content (AvgIpc) is 2.65. The van der Waals surface area contributed by atoms with Gasteiger partial charge in [-0.3, -0.25) is 0 Å². The molecule has 1 aromatic heterocycles. The highest BCUT2D eigenvalue weighted by Gasteiger charge is 2.07. The summed E-state index contributed by atoms with van der Waals surface area (Å²) < 4.78 is 13.0. The first-order chi connectivity index (χ1) is 7.29. The van der Waals surface area contributed by atoms with Gasteiger partial charge in [-0.05, 0) is 17.7 Å². The molecule has 1 N–H and O–H groups in total. The minimum Gasteiger partial charge on any atom is -0.436 e. The summed E-state index contributed by atoms with van der Waals surface area (Å²) in [6.45, 7) is -0.0275. The fourth-order valence-corrected chi connectivity index (χ4v) is 1.66. The van der Waals surface area contributed by atoms with Gasteiger partial charge in [-0.25, -0.2) is 0 Å². The third-order valence-electron chi connectivity index (χ3n) is 1.72. The van der Waals surface area contributed by atoms with Gasteiger partial charge < -0.3 is 9.84 Å². The molecule has 0 amide bonds. The quantitative estimate of drug-likeness (QED) is 0.899. The maximum atomic E-state index is 8.94. The molecule has 6 heteroatoms. The van der Waals surface area contributed by atoms with Gasteiger partial charge in [0.25, 0.3) is 5.88 Å². The van der Waals surface area contributed by atoms with E-state index in [2.05, 4.69) is 8.75 Å². The lowest BCUT2D eigenvalue weighted by Gasteiger charge is -2.03. The van der Waals surface area contributed by atoms with Crippen LogP contribution in [0.3, 0.4) is 0 Å². The van der Waals surface area contributed by atoms with E-state index < -0.39 is 0 Å². The van der Waals surface area contributed by atoms with Crippen LogP contribution in [0.15, 0.2) is 24.3 Å². The van der Waals surface area contributed by atoms with Crippen molar-refractivity contribution in [2.24, 2.45) is 0 Å². The smallest absolute Gasteiger partial charge is 0.270 e. The number of rotatable bonds is 3. The number of aliphatic hydroxyl groups excluding tert-OH is 1. The lowest BCUT2D eigenvalue weighted by Crippen LogP contribution is -1.87. The molecule has 0 fully saturated rings. The van der Waals surface area contributed by atoms with E-state index in [1.165, 1.54) is 0 Å². The van der Waals surface area contributed by atoms with Crippen molar-refractivity contribution in [1.82, 2.24) is 8.75 Å². The predicted octanol–water partition coefficient (Wildman–Crippen LogP) is 2.48. The van der Waals surface area contributed by atoms with Crippen LogP contribution in [-0.2, 0) is 6.61 Å².